The highest BCUT2D eigenvalue weighted by molar-refractivity contribution is 6.16. The summed E-state index contributed by atoms with van der Waals surface area (Å²) in [5.41, 5.74) is 10.3. The van der Waals surface area contributed by atoms with E-state index in [1.54, 1.807) is 0 Å². The molecular formula is C33H22N2O. The highest BCUT2D eigenvalue weighted by Crippen LogP contribution is 2.49. The number of fused-ring (bicyclic) bond motifs is 6. The van der Waals surface area contributed by atoms with E-state index < -0.39 is 0 Å². The maximum Gasteiger partial charge on any atom is 0.159 e. The molecule has 1 N–H and O–H groups in total. The Morgan fingerprint density at radius 1 is 0.694 bits per heavy atom. The standard InChI is InChI=1S/C33H22N2O/c1-2-15-31-25(10-1)28-13-5-14-30(33(28)36-31)35(23-9-6-18-34-20-23)22-16-17-24-26-11-3-7-21-8-4-12-27(32(21)26)29(24)19-22/h1-19,34H,20H2. The van der Waals surface area contributed by atoms with Crippen LogP contribution in [0, 0.1) is 0 Å². The van der Waals surface area contributed by atoms with Crippen LogP contribution in [0.3, 0.4) is 0 Å². The highest BCUT2D eigenvalue weighted by atomic mass is 16.3. The molecular weight excluding hydrogens is 440 g/mol. The van der Waals surface area contributed by atoms with Crippen molar-refractivity contribution in [2.75, 3.05) is 11.4 Å². The van der Waals surface area contributed by atoms with E-state index in [0.29, 0.717) is 0 Å². The second-order valence-electron chi connectivity index (χ2n) is 9.42. The third kappa shape index (κ3) is 2.68. The summed E-state index contributed by atoms with van der Waals surface area (Å²) in [7, 11) is 0. The molecule has 0 amide bonds. The lowest BCUT2D eigenvalue weighted by atomic mass is 10.0. The third-order valence-electron chi connectivity index (χ3n) is 7.44. The van der Waals surface area contributed by atoms with Gasteiger partial charge in [-0.05, 0) is 75.6 Å². The number of dihydropyridines is 1. The molecule has 170 valence electrons. The lowest BCUT2D eigenvalue weighted by molar-refractivity contribution is 0.668. The van der Waals surface area contributed by atoms with Crippen molar-refractivity contribution >= 4 is 44.1 Å². The van der Waals surface area contributed by atoms with Gasteiger partial charge in [0.25, 0.3) is 0 Å². The molecule has 0 saturated carbocycles. The predicted molar refractivity (Wildman–Crippen MR) is 149 cm³/mol. The Labute approximate surface area is 208 Å². The minimum Gasteiger partial charge on any atom is -0.454 e. The molecule has 0 bridgehead atoms. The van der Waals surface area contributed by atoms with E-state index in [0.717, 1.165) is 39.9 Å². The fourth-order valence-corrected chi connectivity index (χ4v) is 5.89. The van der Waals surface area contributed by atoms with Crippen LogP contribution in [-0.4, -0.2) is 6.54 Å². The zero-order chi connectivity index (χ0) is 23.6. The minimum atomic E-state index is 0.736. The number of hydrogen-bond acceptors (Lipinski definition) is 3. The average molecular weight is 463 g/mol. The molecule has 0 saturated heterocycles. The normalized spacial score (nSPS) is 13.7. The number of nitrogens with zero attached hydrogens (tertiary/aromatic N) is 1. The molecule has 2 heterocycles. The lowest BCUT2D eigenvalue weighted by Gasteiger charge is -2.29. The van der Waals surface area contributed by atoms with E-state index in [-0.39, 0.29) is 0 Å². The molecule has 2 aliphatic rings. The number of rotatable bonds is 3. The second kappa shape index (κ2) is 7.37. The maximum atomic E-state index is 6.46. The van der Waals surface area contributed by atoms with Crippen molar-refractivity contribution in [2.24, 2.45) is 0 Å². The van der Waals surface area contributed by atoms with Crippen LogP contribution in [0.2, 0.25) is 0 Å². The van der Waals surface area contributed by atoms with Crippen LogP contribution in [-0.2, 0) is 0 Å². The van der Waals surface area contributed by atoms with Crippen molar-refractivity contribution in [2.45, 2.75) is 0 Å². The summed E-state index contributed by atoms with van der Waals surface area (Å²) >= 11 is 0. The Kier molecular flexibility index (Phi) is 4.00. The van der Waals surface area contributed by atoms with Gasteiger partial charge in [0, 0.05) is 22.2 Å². The van der Waals surface area contributed by atoms with Crippen LogP contribution in [0.15, 0.2) is 126 Å². The minimum absolute atomic E-state index is 0.736. The Morgan fingerprint density at radius 3 is 2.36 bits per heavy atom. The molecule has 0 radical (unpaired) electrons. The van der Waals surface area contributed by atoms with Gasteiger partial charge in [0.2, 0.25) is 0 Å². The van der Waals surface area contributed by atoms with E-state index in [1.165, 1.54) is 38.7 Å². The number of benzene rings is 5. The summed E-state index contributed by atoms with van der Waals surface area (Å²) in [6, 6.07) is 34.8. The van der Waals surface area contributed by atoms with Crippen LogP contribution in [0.4, 0.5) is 11.4 Å². The van der Waals surface area contributed by atoms with Gasteiger partial charge in [0.15, 0.2) is 5.58 Å². The van der Waals surface area contributed by atoms with Crippen molar-refractivity contribution in [3.8, 4) is 22.3 Å². The largest absolute Gasteiger partial charge is 0.454 e. The second-order valence-corrected chi connectivity index (χ2v) is 9.42. The molecule has 0 spiro atoms. The molecule has 36 heavy (non-hydrogen) atoms. The quantitative estimate of drug-likeness (QED) is 0.285. The van der Waals surface area contributed by atoms with Crippen molar-refractivity contribution < 1.29 is 4.42 Å². The zero-order valence-electron chi connectivity index (χ0n) is 19.5. The topological polar surface area (TPSA) is 28.4 Å². The molecule has 1 aliphatic carbocycles. The Morgan fingerprint density at radius 2 is 1.50 bits per heavy atom. The summed E-state index contributed by atoms with van der Waals surface area (Å²) in [5.74, 6) is 0. The first-order chi connectivity index (χ1) is 17.9. The van der Waals surface area contributed by atoms with E-state index in [4.69, 9.17) is 4.42 Å². The molecule has 3 heteroatoms. The first kappa shape index (κ1) is 19.5. The fourth-order valence-electron chi connectivity index (χ4n) is 5.89. The number of furan rings is 1. The van der Waals surface area contributed by atoms with Crippen molar-refractivity contribution in [1.82, 2.24) is 5.32 Å². The molecule has 0 fully saturated rings. The number of hydrogen-bond donors (Lipinski definition) is 1. The molecule has 8 rings (SSSR count). The molecule has 0 unspecified atom stereocenters. The van der Waals surface area contributed by atoms with E-state index in [1.807, 2.05) is 18.3 Å². The maximum absolute atomic E-state index is 6.46. The van der Waals surface area contributed by atoms with Gasteiger partial charge in [-0.2, -0.15) is 0 Å². The zero-order valence-corrected chi connectivity index (χ0v) is 19.5. The van der Waals surface area contributed by atoms with Crippen molar-refractivity contribution in [3.05, 3.63) is 121 Å². The molecule has 1 aliphatic heterocycles. The van der Waals surface area contributed by atoms with Crippen LogP contribution < -0.4 is 10.2 Å². The highest BCUT2D eigenvalue weighted by Gasteiger charge is 2.25. The van der Waals surface area contributed by atoms with Gasteiger partial charge >= 0.3 is 0 Å². The number of anilines is 2. The third-order valence-corrected chi connectivity index (χ3v) is 7.44. The molecule has 5 aromatic carbocycles. The first-order valence-electron chi connectivity index (χ1n) is 12.3. The fraction of sp³-hybridized carbons (Fsp3) is 0.0303. The van der Waals surface area contributed by atoms with Crippen LogP contribution >= 0.6 is 0 Å². The van der Waals surface area contributed by atoms with Gasteiger partial charge in [-0.1, -0.05) is 72.8 Å². The summed E-state index contributed by atoms with van der Waals surface area (Å²) in [6.45, 7) is 0.736. The van der Waals surface area contributed by atoms with E-state index in [9.17, 15) is 0 Å². The van der Waals surface area contributed by atoms with Crippen LogP contribution in [0.25, 0.3) is 55.0 Å². The molecule has 0 atom stereocenters. The monoisotopic (exact) mass is 462 g/mol. The number of allylic oxidation sites excluding steroid dienone is 2. The van der Waals surface area contributed by atoms with Gasteiger partial charge < -0.3 is 14.6 Å². The Balaban J connectivity index is 1.38. The predicted octanol–water partition coefficient (Wildman–Crippen LogP) is 8.53. The molecule has 3 nitrogen and oxygen atoms in total. The number of para-hydroxylation sites is 2. The van der Waals surface area contributed by atoms with Gasteiger partial charge in [0.05, 0.1) is 12.2 Å². The Hall–Kier alpha value is -4.76. The lowest BCUT2D eigenvalue weighted by Crippen LogP contribution is -2.26. The SMILES string of the molecule is C1=CNCC(N(c2ccc3c(c2)-c2cccc4cccc-3c24)c2cccc3c2oc2ccccc23)=C1. The van der Waals surface area contributed by atoms with Gasteiger partial charge in [-0.15, -0.1) is 0 Å². The summed E-state index contributed by atoms with van der Waals surface area (Å²) in [6.07, 6.45) is 6.23. The van der Waals surface area contributed by atoms with Gasteiger partial charge in [0.1, 0.15) is 5.58 Å². The van der Waals surface area contributed by atoms with Crippen LogP contribution in [0.5, 0.6) is 0 Å². The smallest absolute Gasteiger partial charge is 0.159 e. The van der Waals surface area contributed by atoms with Crippen molar-refractivity contribution in [1.29, 1.82) is 0 Å². The van der Waals surface area contributed by atoms with Gasteiger partial charge in [-0.25, -0.2) is 0 Å². The first-order valence-corrected chi connectivity index (χ1v) is 12.3. The average Bonchev–Trinajstić information content (AvgIpc) is 3.48. The van der Waals surface area contributed by atoms with Gasteiger partial charge in [-0.3, -0.25) is 0 Å². The Bertz CT molecular complexity index is 1900. The van der Waals surface area contributed by atoms with Crippen LogP contribution in [0.1, 0.15) is 0 Å². The summed E-state index contributed by atoms with van der Waals surface area (Å²) < 4.78 is 6.46. The van der Waals surface area contributed by atoms with Crippen molar-refractivity contribution in [3.63, 3.8) is 0 Å². The molecule has 6 aromatic rings. The molecule has 1 aromatic heterocycles. The summed E-state index contributed by atoms with van der Waals surface area (Å²) in [4.78, 5) is 2.34. The summed E-state index contributed by atoms with van der Waals surface area (Å²) in [5, 5.41) is 8.30. The van der Waals surface area contributed by atoms with E-state index >= 15 is 0 Å². The number of nitrogens with one attached hydrogen (secondary N) is 1. The van der Waals surface area contributed by atoms with E-state index in [2.05, 4.69) is 107 Å².